The molecule has 3 radical (unpaired) electrons. The van der Waals surface area contributed by atoms with Gasteiger partial charge in [-0.25, -0.2) is 15.0 Å². The summed E-state index contributed by atoms with van der Waals surface area (Å²) < 4.78 is 22.2. The van der Waals surface area contributed by atoms with Crippen LogP contribution in [0.5, 0.6) is 0 Å². The number of aliphatic hydroxyl groups is 3. The molecule has 0 amide bonds. The normalized spacial score (nSPS) is 11.6. The van der Waals surface area contributed by atoms with E-state index in [1.807, 2.05) is 105 Å². The molecule has 3 N–H and O–H groups in total. The van der Waals surface area contributed by atoms with Gasteiger partial charge in [-0.2, -0.15) is 0 Å². The summed E-state index contributed by atoms with van der Waals surface area (Å²) in [5, 5.41) is 34.7. The van der Waals surface area contributed by atoms with E-state index >= 15 is 0 Å². The summed E-state index contributed by atoms with van der Waals surface area (Å²) in [5.74, 6) is 0.800. The van der Waals surface area contributed by atoms with Crippen LogP contribution in [-0.2, 0) is 80.1 Å². The first-order chi connectivity index (χ1) is 60.2. The second-order valence-electron chi connectivity index (χ2n) is 33.2. The quantitative estimate of drug-likeness (QED) is 0.0587. The number of thiophene rings is 3. The van der Waals surface area contributed by atoms with Crippen molar-refractivity contribution >= 4 is 148 Å². The Balaban J connectivity index is 0.000000166. The van der Waals surface area contributed by atoms with Crippen molar-refractivity contribution in [2.45, 2.75) is 142 Å². The molecule has 21 heteroatoms. The number of nitrogens with zero attached hydrogens (tertiary/aromatic N) is 6. The molecule has 19 aromatic rings. The van der Waals surface area contributed by atoms with Crippen LogP contribution in [0.15, 0.2) is 261 Å². The molecule has 0 fully saturated rings. The Hall–Kier alpha value is -11.7. The van der Waals surface area contributed by atoms with Crippen LogP contribution < -0.4 is 0 Å². The van der Waals surface area contributed by atoms with Crippen molar-refractivity contribution < 1.29 is 103 Å². The maximum atomic E-state index is 10.0. The number of aryl methyl sites for hydroxylation is 5. The van der Waals surface area contributed by atoms with Gasteiger partial charge in [0.15, 0.2) is 17.3 Å². The molecule has 0 aliphatic heterocycles. The van der Waals surface area contributed by atoms with E-state index in [9.17, 15) is 14.4 Å². The van der Waals surface area contributed by atoms with Crippen molar-refractivity contribution in [3.8, 4) is 76.2 Å². The number of carbonyl (C=O) groups excluding carboxylic acids is 3. The van der Waals surface area contributed by atoms with E-state index < -0.39 is 0 Å². The fraction of sp³-hybridized carbons (Fsp3) is 0.194. The predicted molar refractivity (Wildman–Crippen MR) is 520 cm³/mol. The third-order valence-corrected chi connectivity index (χ3v) is 24.5. The zero-order valence-corrected chi connectivity index (χ0v) is 84.4. The maximum absolute atomic E-state index is 10.0. The number of aliphatic hydroxyl groups excluding tert-OH is 3. The molecular weight excluding hydrogens is 2200 g/mol. The van der Waals surface area contributed by atoms with Crippen LogP contribution in [0, 0.1) is 52.8 Å². The smallest absolute Gasteiger partial charge is 0.216 e. The topological polar surface area (TPSA) is 229 Å². The average Bonchev–Trinajstić information content (AvgIpc) is 1.62. The van der Waals surface area contributed by atoms with Gasteiger partial charge in [0.1, 0.15) is 0 Å². The van der Waals surface area contributed by atoms with Crippen molar-refractivity contribution in [1.82, 2.24) is 29.9 Å². The Morgan fingerprint density at radius 3 is 0.984 bits per heavy atom. The molecule has 661 valence electrons. The van der Waals surface area contributed by atoms with Crippen molar-refractivity contribution in [3.63, 3.8) is 0 Å². The fourth-order valence-electron chi connectivity index (χ4n) is 14.9. The summed E-state index contributed by atoms with van der Waals surface area (Å²) in [6.45, 7) is 34.6. The van der Waals surface area contributed by atoms with Crippen LogP contribution in [-0.4, -0.2) is 62.6 Å². The standard InChI is InChI=1S/C33H23N2OS.C31H27N2OS.C29H23N2OS.3C5H8O2.3Ir/c1-19-6-4-7-20(2)31(19)23-13-11-22(12-14-23)29-16-24-18-34-28(17-30(24)37-29)27-9-5-8-25-26-15-10-21(3)35-33(26)36-32(25)27;1-17(2)20-11-21(18(3)4)13-22(12-20)28-14-23-16-32-27(15-29(23)35-28)26-8-6-7-24-25-10-9-19(5)33-31(25)34-30(24)26;1-17-8-13-22-21-6-5-7-23(27(21)32-28(22)31-17)24-15-26-19(16-30-24)14-25(33-26)18-9-11-20(12-10-18)29(2,3)4;3*1-4(6)3-5(2)7;;;/h4-8,10-18H,1-3H3;6-7,9-18H,1-5H3;5-6,8-16H,1-4H3;3*3,6H,1-2H3;;;/q3*-1;;;;;;. The van der Waals surface area contributed by atoms with Crippen LogP contribution in [0.25, 0.3) is 173 Å². The molecule has 15 nitrogen and oxygen atoms in total. The number of carbonyl (C=O) groups is 3. The molecule has 0 atom stereocenters. The van der Waals surface area contributed by atoms with Gasteiger partial charge < -0.3 is 43.5 Å². The molecule has 12 heterocycles. The van der Waals surface area contributed by atoms with Gasteiger partial charge in [-0.05, 0) is 221 Å². The Morgan fingerprint density at radius 1 is 0.380 bits per heavy atom. The molecule has 0 aliphatic carbocycles. The Labute approximate surface area is 803 Å². The number of furan rings is 3. The number of rotatable bonds is 12. The minimum absolute atomic E-state index is 0. The second-order valence-corrected chi connectivity index (χ2v) is 36.5. The summed E-state index contributed by atoms with van der Waals surface area (Å²) in [7, 11) is 0. The third-order valence-electron chi connectivity index (χ3n) is 21.1. The van der Waals surface area contributed by atoms with E-state index in [-0.39, 0.29) is 100 Å². The van der Waals surface area contributed by atoms with E-state index in [0.29, 0.717) is 29.0 Å². The van der Waals surface area contributed by atoms with Crippen LogP contribution in [0.1, 0.15) is 147 Å². The molecule has 129 heavy (non-hydrogen) atoms. The van der Waals surface area contributed by atoms with Crippen molar-refractivity contribution in [2.24, 2.45) is 0 Å². The van der Waals surface area contributed by atoms with Gasteiger partial charge in [-0.3, -0.25) is 14.4 Å². The minimum Gasteiger partial charge on any atom is -0.512 e. The number of benzene rings is 7. The molecule has 19 rings (SSSR count). The molecule has 0 saturated heterocycles. The number of pyridine rings is 6. The molecule has 0 unspecified atom stereocenters. The van der Waals surface area contributed by atoms with Crippen molar-refractivity contribution in [1.29, 1.82) is 0 Å². The molecule has 12 aromatic heterocycles. The molecule has 0 aliphatic rings. The zero-order valence-electron chi connectivity index (χ0n) is 74.8. The number of allylic oxidation sites excluding steroid dienone is 6. The van der Waals surface area contributed by atoms with E-state index in [4.69, 9.17) is 43.5 Å². The number of fused-ring (bicyclic) bond motifs is 12. The number of aromatic nitrogens is 6. The van der Waals surface area contributed by atoms with Gasteiger partial charge in [0.25, 0.3) is 0 Å². The average molecular weight is 2300 g/mol. The summed E-state index contributed by atoms with van der Waals surface area (Å²) in [5.41, 5.74) is 25.5. The van der Waals surface area contributed by atoms with Crippen LogP contribution >= 0.6 is 34.0 Å². The van der Waals surface area contributed by atoms with Gasteiger partial charge in [-0.15, -0.1) is 88.6 Å². The molecule has 7 aromatic carbocycles. The van der Waals surface area contributed by atoms with E-state index in [2.05, 4.69) is 235 Å². The van der Waals surface area contributed by atoms with Crippen molar-refractivity contribution in [2.75, 3.05) is 0 Å². The second kappa shape index (κ2) is 42.2. The van der Waals surface area contributed by atoms with Crippen LogP contribution in [0.2, 0.25) is 0 Å². The summed E-state index contributed by atoms with van der Waals surface area (Å²) in [6.07, 6.45) is 9.37. The molecular formula is C108H97Ir3N6O9S3-3. The molecule has 0 saturated carbocycles. The van der Waals surface area contributed by atoms with Crippen molar-refractivity contribution in [3.05, 3.63) is 311 Å². The van der Waals surface area contributed by atoms with Crippen LogP contribution in [0.4, 0.5) is 0 Å². The predicted octanol–water partition coefficient (Wildman–Crippen LogP) is 30.0. The first kappa shape index (κ1) is 97.9. The fourth-order valence-corrected chi connectivity index (χ4v) is 18.1. The monoisotopic (exact) mass is 2300 g/mol. The van der Waals surface area contributed by atoms with E-state index in [1.54, 1.807) is 22.7 Å². The first-order valence-electron chi connectivity index (χ1n) is 41.6. The number of hydrogen-bond donors (Lipinski definition) is 3. The SMILES string of the molecule is CC(=O)C=C(C)O.CC(=O)C=C(C)O.CC(=O)C=C(C)O.Cc1ccc2c(n1)oc1c(-c3cc4sc(-c5cc(C(C)C)cc(C(C)C)c5)cc4cn3)[c-]ccc12.Cc1ccc2c(n1)oc1c(-c3cc4sc(-c5ccc(-c6c(C)cccc6C)cc5)cc4cn3)[c-]ccc12.Cc1ccc2c(n1)oc1c(-c3cc4sc(-c5ccc(C(C)(C)C)cc5)cc4cn3)[c-]ccc12.[Ir].[Ir].[Ir]. The molecule has 0 bridgehead atoms. The van der Waals surface area contributed by atoms with E-state index in [1.165, 1.54) is 144 Å². The Morgan fingerprint density at radius 2 is 0.690 bits per heavy atom. The molecule has 0 spiro atoms. The zero-order chi connectivity index (χ0) is 89.7. The van der Waals surface area contributed by atoms with Gasteiger partial charge in [0, 0.05) is 175 Å². The number of ketones is 3. The number of hydrogen-bond acceptors (Lipinski definition) is 18. The van der Waals surface area contributed by atoms with Gasteiger partial charge in [-0.1, -0.05) is 184 Å². The largest absolute Gasteiger partial charge is 0.512 e. The Kier molecular flexibility index (Phi) is 32.1. The third kappa shape index (κ3) is 23.1. The summed E-state index contributed by atoms with van der Waals surface area (Å²) in [4.78, 5) is 61.9. The minimum atomic E-state index is -0.125. The Bertz CT molecular complexity index is 7340. The summed E-state index contributed by atoms with van der Waals surface area (Å²) in [6, 6.07) is 78.7. The van der Waals surface area contributed by atoms with Gasteiger partial charge in [0.2, 0.25) is 17.1 Å². The van der Waals surface area contributed by atoms with Crippen LogP contribution in [0.3, 0.4) is 0 Å². The van der Waals surface area contributed by atoms with E-state index in [0.717, 1.165) is 116 Å². The van der Waals surface area contributed by atoms with Gasteiger partial charge >= 0.3 is 0 Å². The summed E-state index contributed by atoms with van der Waals surface area (Å²) >= 11 is 5.39. The van der Waals surface area contributed by atoms with Gasteiger partial charge in [0.05, 0.1) is 34.0 Å². The maximum Gasteiger partial charge on any atom is 0.216 e. The first-order valence-corrected chi connectivity index (χ1v) is 44.0.